The lowest BCUT2D eigenvalue weighted by molar-refractivity contribution is -0.120. The summed E-state index contributed by atoms with van der Waals surface area (Å²) >= 11 is 0. The van der Waals surface area contributed by atoms with Gasteiger partial charge in [-0.1, -0.05) is 12.1 Å². The second-order valence-electron chi connectivity index (χ2n) is 6.10. The lowest BCUT2D eigenvalue weighted by atomic mass is 10.2. The molecule has 0 aliphatic carbocycles. The van der Waals surface area contributed by atoms with E-state index >= 15 is 0 Å². The van der Waals surface area contributed by atoms with Crippen LogP contribution in [0.4, 0.5) is 5.69 Å². The number of nitrogens with zero attached hydrogens (tertiary/aromatic N) is 4. The maximum absolute atomic E-state index is 12.7. The number of aryl methyl sites for hydroxylation is 1. The zero-order valence-electron chi connectivity index (χ0n) is 14.3. The van der Waals surface area contributed by atoms with Crippen LogP contribution in [0.25, 0.3) is 5.65 Å². The Balaban J connectivity index is 1.60. The van der Waals surface area contributed by atoms with E-state index in [1.54, 1.807) is 29.8 Å². The number of benzene rings is 1. The molecule has 0 radical (unpaired) electrons. The first-order chi connectivity index (χ1) is 12.5. The first-order valence-electron chi connectivity index (χ1n) is 8.15. The SMILES string of the molecule is Cc1ccn2cnc(C(=O)N[C@H]3COc4ccccc4N(C)C3=O)c2n1. The summed E-state index contributed by atoms with van der Waals surface area (Å²) in [6.45, 7) is 1.88. The number of rotatable bonds is 2. The maximum atomic E-state index is 12.7. The third-order valence-electron chi connectivity index (χ3n) is 4.31. The van der Waals surface area contributed by atoms with E-state index in [1.807, 2.05) is 25.1 Å². The summed E-state index contributed by atoms with van der Waals surface area (Å²) in [5.41, 5.74) is 2.06. The highest BCUT2D eigenvalue weighted by Gasteiger charge is 2.31. The summed E-state index contributed by atoms with van der Waals surface area (Å²) in [5, 5.41) is 2.72. The summed E-state index contributed by atoms with van der Waals surface area (Å²) < 4.78 is 7.37. The number of anilines is 1. The fraction of sp³-hybridized carbons (Fsp3) is 0.222. The van der Waals surface area contributed by atoms with Gasteiger partial charge in [0.2, 0.25) is 0 Å². The minimum Gasteiger partial charge on any atom is -0.489 e. The van der Waals surface area contributed by atoms with Crippen molar-refractivity contribution in [2.45, 2.75) is 13.0 Å². The van der Waals surface area contributed by atoms with E-state index in [-0.39, 0.29) is 18.2 Å². The first-order valence-corrected chi connectivity index (χ1v) is 8.15. The number of imidazole rings is 1. The molecule has 0 fully saturated rings. The minimum absolute atomic E-state index is 0.0458. The number of carbonyl (C=O) groups excluding carboxylic acids is 2. The van der Waals surface area contributed by atoms with Crippen molar-refractivity contribution in [3.8, 4) is 5.75 Å². The fourth-order valence-electron chi connectivity index (χ4n) is 2.91. The molecule has 0 saturated heterocycles. The Kier molecular flexibility index (Phi) is 3.80. The Morgan fingerprint density at radius 2 is 2.12 bits per heavy atom. The summed E-state index contributed by atoms with van der Waals surface area (Å²) in [7, 11) is 1.66. The van der Waals surface area contributed by atoms with Crippen molar-refractivity contribution >= 4 is 23.1 Å². The van der Waals surface area contributed by atoms with E-state index in [4.69, 9.17) is 4.74 Å². The molecule has 0 bridgehead atoms. The number of nitrogens with one attached hydrogen (secondary N) is 1. The Morgan fingerprint density at radius 1 is 1.31 bits per heavy atom. The molecule has 4 rings (SSSR count). The standard InChI is InChI=1S/C18H17N5O3/c1-11-7-8-23-10-19-15(16(23)20-11)17(24)21-12-9-26-14-6-4-3-5-13(14)22(2)18(12)25/h3-8,10,12H,9H2,1-2H3,(H,21,24)/t12-/m0/s1. The second-order valence-corrected chi connectivity index (χ2v) is 6.10. The van der Waals surface area contributed by atoms with Crippen LogP contribution in [0.3, 0.4) is 0 Å². The Hall–Kier alpha value is -3.42. The van der Waals surface area contributed by atoms with Gasteiger partial charge in [0, 0.05) is 18.9 Å². The Morgan fingerprint density at radius 3 is 2.96 bits per heavy atom. The van der Waals surface area contributed by atoms with Gasteiger partial charge in [0.25, 0.3) is 11.8 Å². The summed E-state index contributed by atoms with van der Waals surface area (Å²) in [6, 6.07) is 8.26. The number of hydrogen-bond acceptors (Lipinski definition) is 5. The quantitative estimate of drug-likeness (QED) is 0.749. The number of aromatic nitrogens is 3. The van der Waals surface area contributed by atoms with Crippen LogP contribution in [0.5, 0.6) is 5.75 Å². The zero-order valence-corrected chi connectivity index (χ0v) is 14.3. The van der Waals surface area contributed by atoms with E-state index in [1.165, 1.54) is 11.2 Å². The van der Waals surface area contributed by atoms with Gasteiger partial charge in [-0.05, 0) is 25.1 Å². The molecule has 26 heavy (non-hydrogen) atoms. The van der Waals surface area contributed by atoms with Crippen molar-refractivity contribution in [3.05, 3.63) is 54.2 Å². The van der Waals surface area contributed by atoms with E-state index in [0.29, 0.717) is 17.1 Å². The average Bonchev–Trinajstić information content (AvgIpc) is 3.02. The predicted octanol–water partition coefficient (Wildman–Crippen LogP) is 1.19. The number of fused-ring (bicyclic) bond motifs is 2. The van der Waals surface area contributed by atoms with Gasteiger partial charge in [0.05, 0.1) is 5.69 Å². The van der Waals surface area contributed by atoms with Crippen molar-refractivity contribution in [3.63, 3.8) is 0 Å². The van der Waals surface area contributed by atoms with Crippen LogP contribution >= 0.6 is 0 Å². The number of carbonyl (C=O) groups is 2. The third kappa shape index (κ3) is 2.65. The number of para-hydroxylation sites is 2. The molecule has 0 unspecified atom stereocenters. The van der Waals surface area contributed by atoms with Crippen LogP contribution in [-0.4, -0.2) is 45.9 Å². The van der Waals surface area contributed by atoms with Gasteiger partial charge in [0.1, 0.15) is 24.7 Å². The van der Waals surface area contributed by atoms with Crippen LogP contribution in [0.1, 0.15) is 16.2 Å². The van der Waals surface area contributed by atoms with Crippen LogP contribution < -0.4 is 15.0 Å². The van der Waals surface area contributed by atoms with Gasteiger partial charge in [-0.2, -0.15) is 0 Å². The monoisotopic (exact) mass is 351 g/mol. The molecule has 0 saturated carbocycles. The van der Waals surface area contributed by atoms with Gasteiger partial charge in [-0.15, -0.1) is 0 Å². The normalized spacial score (nSPS) is 16.8. The van der Waals surface area contributed by atoms with E-state index in [9.17, 15) is 9.59 Å². The maximum Gasteiger partial charge on any atom is 0.274 e. The highest BCUT2D eigenvalue weighted by atomic mass is 16.5. The number of amides is 2. The van der Waals surface area contributed by atoms with Gasteiger partial charge in [-0.25, -0.2) is 9.97 Å². The van der Waals surface area contributed by atoms with Crippen LogP contribution in [0.2, 0.25) is 0 Å². The predicted molar refractivity (Wildman–Crippen MR) is 94.3 cm³/mol. The smallest absolute Gasteiger partial charge is 0.274 e. The van der Waals surface area contributed by atoms with Crippen molar-refractivity contribution < 1.29 is 14.3 Å². The Bertz CT molecular complexity index is 1010. The van der Waals surface area contributed by atoms with Crippen LogP contribution in [-0.2, 0) is 4.79 Å². The molecular formula is C18H17N5O3. The molecule has 1 aliphatic rings. The molecular weight excluding hydrogens is 334 g/mol. The molecule has 8 nitrogen and oxygen atoms in total. The molecule has 1 N–H and O–H groups in total. The molecule has 0 spiro atoms. The molecule has 2 aromatic heterocycles. The summed E-state index contributed by atoms with van der Waals surface area (Å²) in [4.78, 5) is 35.4. The lowest BCUT2D eigenvalue weighted by Gasteiger charge is -2.20. The average molecular weight is 351 g/mol. The first kappa shape index (κ1) is 16.1. The van der Waals surface area contributed by atoms with Crippen molar-refractivity contribution in [2.75, 3.05) is 18.6 Å². The van der Waals surface area contributed by atoms with Crippen molar-refractivity contribution in [1.29, 1.82) is 0 Å². The van der Waals surface area contributed by atoms with Crippen molar-refractivity contribution in [2.24, 2.45) is 0 Å². The number of hydrogen-bond donors (Lipinski definition) is 1. The lowest BCUT2D eigenvalue weighted by Crippen LogP contribution is -2.49. The van der Waals surface area contributed by atoms with Crippen LogP contribution in [0, 0.1) is 6.92 Å². The molecule has 2 amide bonds. The van der Waals surface area contributed by atoms with Gasteiger partial charge < -0.3 is 15.0 Å². The van der Waals surface area contributed by atoms with E-state index in [0.717, 1.165) is 5.69 Å². The molecule has 3 heterocycles. The van der Waals surface area contributed by atoms with E-state index < -0.39 is 11.9 Å². The molecule has 8 heteroatoms. The number of likely N-dealkylation sites (N-methyl/N-ethyl adjacent to an activating group) is 1. The molecule has 1 aliphatic heterocycles. The molecule has 3 aromatic rings. The number of ether oxygens (including phenoxy) is 1. The zero-order chi connectivity index (χ0) is 18.3. The molecule has 132 valence electrons. The van der Waals surface area contributed by atoms with Crippen LogP contribution in [0.15, 0.2) is 42.9 Å². The summed E-state index contributed by atoms with van der Waals surface area (Å²) in [5.74, 6) is -0.118. The topological polar surface area (TPSA) is 88.8 Å². The minimum atomic E-state index is -0.818. The third-order valence-corrected chi connectivity index (χ3v) is 4.31. The van der Waals surface area contributed by atoms with E-state index in [2.05, 4.69) is 15.3 Å². The van der Waals surface area contributed by atoms with Gasteiger partial charge >= 0.3 is 0 Å². The molecule has 1 aromatic carbocycles. The van der Waals surface area contributed by atoms with Crippen molar-refractivity contribution in [1.82, 2.24) is 19.7 Å². The molecule has 1 atom stereocenters. The Labute approximate surface area is 149 Å². The largest absolute Gasteiger partial charge is 0.489 e. The second kappa shape index (κ2) is 6.14. The highest BCUT2D eigenvalue weighted by molar-refractivity contribution is 6.04. The fourth-order valence-corrected chi connectivity index (χ4v) is 2.91. The summed E-state index contributed by atoms with van der Waals surface area (Å²) in [6.07, 6.45) is 3.30. The van der Waals surface area contributed by atoms with Gasteiger partial charge in [-0.3, -0.25) is 14.0 Å². The highest BCUT2D eigenvalue weighted by Crippen LogP contribution is 2.29. The van der Waals surface area contributed by atoms with Gasteiger partial charge in [0.15, 0.2) is 11.3 Å².